The Hall–Kier alpha value is -0.840. The first-order valence-electron chi connectivity index (χ1n) is 7.30. The Labute approximate surface area is 116 Å². The minimum atomic E-state index is 0.596. The van der Waals surface area contributed by atoms with Crippen molar-refractivity contribution in [3.63, 3.8) is 0 Å². The van der Waals surface area contributed by atoms with Crippen molar-refractivity contribution >= 4 is 0 Å². The number of nitrogens with zero attached hydrogens (tertiary/aromatic N) is 1. The normalized spacial score (nSPS) is 18.9. The van der Waals surface area contributed by atoms with Crippen LogP contribution in [0.5, 0.6) is 0 Å². The lowest BCUT2D eigenvalue weighted by molar-refractivity contribution is 0.0122. The smallest absolute Gasteiger partial charge is 0.117 e. The van der Waals surface area contributed by atoms with E-state index in [0.717, 1.165) is 51.1 Å². The van der Waals surface area contributed by atoms with Crippen LogP contribution < -0.4 is 5.32 Å². The molecule has 1 fully saturated rings. The molecule has 0 amide bonds. The van der Waals surface area contributed by atoms with Crippen LogP contribution >= 0.6 is 0 Å². The number of morpholine rings is 1. The minimum absolute atomic E-state index is 0.596. The summed E-state index contributed by atoms with van der Waals surface area (Å²) in [5.74, 6) is 1.73. The van der Waals surface area contributed by atoms with Crippen LogP contribution in [-0.4, -0.2) is 43.8 Å². The number of ether oxygens (including phenoxy) is 1. The molecule has 1 saturated heterocycles. The summed E-state index contributed by atoms with van der Waals surface area (Å²) < 4.78 is 10.8. The molecule has 0 saturated carbocycles. The van der Waals surface area contributed by atoms with E-state index < -0.39 is 0 Å². The lowest BCUT2D eigenvalue weighted by atomic mass is 10.0. The van der Waals surface area contributed by atoms with Gasteiger partial charge in [-0.25, -0.2) is 0 Å². The molecule has 1 aliphatic rings. The fourth-order valence-electron chi connectivity index (χ4n) is 2.62. The molecular weight excluding hydrogens is 240 g/mol. The fraction of sp³-hybridized carbons (Fsp3) is 0.733. The van der Waals surface area contributed by atoms with Gasteiger partial charge in [0.1, 0.15) is 5.76 Å². The van der Waals surface area contributed by atoms with Crippen molar-refractivity contribution in [1.82, 2.24) is 10.2 Å². The summed E-state index contributed by atoms with van der Waals surface area (Å²) >= 11 is 0. The van der Waals surface area contributed by atoms with Crippen molar-refractivity contribution < 1.29 is 9.15 Å². The summed E-state index contributed by atoms with van der Waals surface area (Å²) in [4.78, 5) is 2.55. The van der Waals surface area contributed by atoms with E-state index in [4.69, 9.17) is 9.15 Å². The number of furan rings is 1. The molecule has 19 heavy (non-hydrogen) atoms. The Morgan fingerprint density at radius 3 is 2.74 bits per heavy atom. The van der Waals surface area contributed by atoms with Gasteiger partial charge in [-0.05, 0) is 24.5 Å². The van der Waals surface area contributed by atoms with E-state index in [2.05, 4.69) is 24.1 Å². The highest BCUT2D eigenvalue weighted by molar-refractivity contribution is 4.97. The highest BCUT2D eigenvalue weighted by Gasteiger charge is 2.21. The molecule has 4 heteroatoms. The summed E-state index contributed by atoms with van der Waals surface area (Å²) in [6.45, 7) is 10.3. The molecule has 1 unspecified atom stereocenters. The fourth-order valence-corrected chi connectivity index (χ4v) is 2.62. The topological polar surface area (TPSA) is 37.6 Å². The second-order valence-corrected chi connectivity index (χ2v) is 5.64. The lowest BCUT2D eigenvalue weighted by Gasteiger charge is -2.35. The van der Waals surface area contributed by atoms with Crippen LogP contribution in [0.15, 0.2) is 22.8 Å². The van der Waals surface area contributed by atoms with Gasteiger partial charge in [0.15, 0.2) is 0 Å². The van der Waals surface area contributed by atoms with E-state index in [9.17, 15) is 0 Å². The van der Waals surface area contributed by atoms with Crippen molar-refractivity contribution in [2.24, 2.45) is 5.92 Å². The zero-order valence-electron chi connectivity index (χ0n) is 12.1. The van der Waals surface area contributed by atoms with Gasteiger partial charge in [0, 0.05) is 25.7 Å². The SMILES string of the molecule is CC(C)CC(CNCc1ccco1)N1CCOCC1. The minimum Gasteiger partial charge on any atom is -0.468 e. The van der Waals surface area contributed by atoms with Gasteiger partial charge >= 0.3 is 0 Å². The van der Waals surface area contributed by atoms with Crippen molar-refractivity contribution in [2.45, 2.75) is 32.9 Å². The summed E-state index contributed by atoms with van der Waals surface area (Å²) in [6.07, 6.45) is 2.95. The van der Waals surface area contributed by atoms with E-state index in [-0.39, 0.29) is 0 Å². The average Bonchev–Trinajstić information content (AvgIpc) is 2.91. The predicted octanol–water partition coefficient (Wildman–Crippen LogP) is 2.12. The first kappa shape index (κ1) is 14.6. The molecule has 108 valence electrons. The molecule has 1 aromatic rings. The standard InChI is InChI=1S/C15H26N2O2/c1-13(2)10-14(17-5-8-18-9-6-17)11-16-12-15-4-3-7-19-15/h3-4,7,13-14,16H,5-6,8-12H2,1-2H3. The second kappa shape index (κ2) is 7.68. The molecule has 1 N–H and O–H groups in total. The number of nitrogens with one attached hydrogen (secondary N) is 1. The third-order valence-electron chi connectivity index (χ3n) is 3.56. The van der Waals surface area contributed by atoms with Gasteiger partial charge in [0.2, 0.25) is 0 Å². The van der Waals surface area contributed by atoms with Crippen LogP contribution in [0.3, 0.4) is 0 Å². The molecule has 1 aromatic heterocycles. The van der Waals surface area contributed by atoms with E-state index >= 15 is 0 Å². The first-order valence-corrected chi connectivity index (χ1v) is 7.30. The maximum Gasteiger partial charge on any atom is 0.117 e. The van der Waals surface area contributed by atoms with Gasteiger partial charge in [-0.1, -0.05) is 13.8 Å². The highest BCUT2D eigenvalue weighted by Crippen LogP contribution is 2.13. The molecule has 1 aliphatic heterocycles. The van der Waals surface area contributed by atoms with Gasteiger partial charge in [-0.15, -0.1) is 0 Å². The maximum absolute atomic E-state index is 5.44. The second-order valence-electron chi connectivity index (χ2n) is 5.64. The van der Waals surface area contributed by atoms with Gasteiger partial charge < -0.3 is 14.5 Å². The first-order chi connectivity index (χ1) is 9.25. The highest BCUT2D eigenvalue weighted by atomic mass is 16.5. The lowest BCUT2D eigenvalue weighted by Crippen LogP contribution is -2.48. The van der Waals surface area contributed by atoms with Crippen LogP contribution in [0.2, 0.25) is 0 Å². The summed E-state index contributed by atoms with van der Waals surface area (Å²) in [5.41, 5.74) is 0. The van der Waals surface area contributed by atoms with Crippen molar-refractivity contribution in [3.8, 4) is 0 Å². The average molecular weight is 266 g/mol. The van der Waals surface area contributed by atoms with Crippen LogP contribution in [-0.2, 0) is 11.3 Å². The molecular formula is C15H26N2O2. The molecule has 2 heterocycles. The Morgan fingerprint density at radius 1 is 1.32 bits per heavy atom. The zero-order valence-corrected chi connectivity index (χ0v) is 12.1. The summed E-state index contributed by atoms with van der Waals surface area (Å²) in [7, 11) is 0. The molecule has 0 radical (unpaired) electrons. The molecule has 0 spiro atoms. The number of rotatable bonds is 7. The maximum atomic E-state index is 5.44. The molecule has 1 atom stereocenters. The number of hydrogen-bond acceptors (Lipinski definition) is 4. The third kappa shape index (κ3) is 4.97. The van der Waals surface area contributed by atoms with Crippen molar-refractivity contribution in [2.75, 3.05) is 32.8 Å². The Morgan fingerprint density at radius 2 is 2.11 bits per heavy atom. The Balaban J connectivity index is 1.79. The van der Waals surface area contributed by atoms with E-state index in [1.807, 2.05) is 12.1 Å². The monoisotopic (exact) mass is 266 g/mol. The van der Waals surface area contributed by atoms with Crippen LogP contribution in [0.25, 0.3) is 0 Å². The van der Waals surface area contributed by atoms with E-state index in [1.54, 1.807) is 6.26 Å². The molecule has 0 bridgehead atoms. The molecule has 0 aromatic carbocycles. The summed E-state index contributed by atoms with van der Waals surface area (Å²) in [5, 5.41) is 3.51. The quantitative estimate of drug-likeness (QED) is 0.820. The van der Waals surface area contributed by atoms with Crippen molar-refractivity contribution in [1.29, 1.82) is 0 Å². The predicted molar refractivity (Wildman–Crippen MR) is 76.0 cm³/mol. The van der Waals surface area contributed by atoms with Gasteiger partial charge in [0.05, 0.1) is 26.0 Å². The zero-order chi connectivity index (χ0) is 13.5. The van der Waals surface area contributed by atoms with Crippen LogP contribution in [0, 0.1) is 5.92 Å². The summed E-state index contributed by atoms with van der Waals surface area (Å²) in [6, 6.07) is 4.54. The molecule has 0 aliphatic carbocycles. The van der Waals surface area contributed by atoms with Crippen LogP contribution in [0.1, 0.15) is 26.0 Å². The Bertz CT molecular complexity index is 332. The molecule has 4 nitrogen and oxygen atoms in total. The molecule has 2 rings (SSSR count). The third-order valence-corrected chi connectivity index (χ3v) is 3.56. The number of hydrogen-bond donors (Lipinski definition) is 1. The van der Waals surface area contributed by atoms with E-state index in [1.165, 1.54) is 6.42 Å². The Kier molecular flexibility index (Phi) is 5.89. The van der Waals surface area contributed by atoms with E-state index in [0.29, 0.717) is 6.04 Å². The van der Waals surface area contributed by atoms with Crippen molar-refractivity contribution in [3.05, 3.63) is 24.2 Å². The van der Waals surface area contributed by atoms with Gasteiger partial charge in [0.25, 0.3) is 0 Å². The van der Waals surface area contributed by atoms with Gasteiger partial charge in [-0.3, -0.25) is 4.90 Å². The largest absolute Gasteiger partial charge is 0.468 e. The van der Waals surface area contributed by atoms with Crippen LogP contribution in [0.4, 0.5) is 0 Å². The van der Waals surface area contributed by atoms with Gasteiger partial charge in [-0.2, -0.15) is 0 Å².